The molecule has 0 spiro atoms. The van der Waals surface area contributed by atoms with Gasteiger partial charge in [0.05, 0.1) is 24.4 Å². The quantitative estimate of drug-likeness (QED) is 0.557. The SMILES string of the molecule is CCn1cnc2c1c(=O)n(CC(=O)N[C@@H]1CCS(=O)(=O)C1)c(=O)n2Cc1ccccc1. The average Bonchev–Trinajstić information content (AvgIpc) is 3.32. The van der Waals surface area contributed by atoms with Crippen molar-refractivity contribution in [3.8, 4) is 0 Å². The molecular formula is C20H23N5O5S. The maximum atomic E-state index is 13.2. The zero-order valence-corrected chi connectivity index (χ0v) is 17.8. The highest BCUT2D eigenvalue weighted by Gasteiger charge is 2.29. The summed E-state index contributed by atoms with van der Waals surface area (Å²) in [7, 11) is -3.16. The summed E-state index contributed by atoms with van der Waals surface area (Å²) < 4.78 is 27.2. The molecule has 1 aromatic carbocycles. The van der Waals surface area contributed by atoms with Gasteiger partial charge < -0.3 is 9.88 Å². The molecule has 1 amide bonds. The van der Waals surface area contributed by atoms with Crippen molar-refractivity contribution in [2.24, 2.45) is 0 Å². The number of amides is 1. The minimum absolute atomic E-state index is 0.0173. The Kier molecular flexibility index (Phi) is 5.52. The zero-order valence-electron chi connectivity index (χ0n) is 17.0. The first-order valence-electron chi connectivity index (χ1n) is 10.0. The molecule has 1 N–H and O–H groups in total. The largest absolute Gasteiger partial charge is 0.351 e. The number of aromatic nitrogens is 4. The standard InChI is InChI=1S/C20H23N5O5S/c1-2-23-13-21-18-17(23)19(27)25(11-16(26)22-15-8-9-31(29,30)12-15)20(28)24(18)10-14-6-4-3-5-7-14/h3-7,13,15H,2,8-12H2,1H3,(H,22,26)/t15-/m1/s1. The number of carbonyl (C=O) groups is 1. The van der Waals surface area contributed by atoms with Gasteiger partial charge in [-0.1, -0.05) is 30.3 Å². The molecule has 164 valence electrons. The highest BCUT2D eigenvalue weighted by Crippen LogP contribution is 2.12. The van der Waals surface area contributed by atoms with E-state index in [1.165, 1.54) is 10.9 Å². The van der Waals surface area contributed by atoms with Crippen molar-refractivity contribution >= 4 is 26.9 Å². The maximum Gasteiger partial charge on any atom is 0.333 e. The third-order valence-electron chi connectivity index (χ3n) is 5.41. The number of benzene rings is 1. The molecule has 1 saturated heterocycles. The van der Waals surface area contributed by atoms with Crippen LogP contribution in [0.2, 0.25) is 0 Å². The minimum Gasteiger partial charge on any atom is -0.351 e. The molecule has 0 radical (unpaired) electrons. The second-order valence-electron chi connectivity index (χ2n) is 7.62. The maximum absolute atomic E-state index is 13.2. The van der Waals surface area contributed by atoms with E-state index in [2.05, 4.69) is 10.3 Å². The lowest BCUT2D eigenvalue weighted by Gasteiger charge is -2.14. The van der Waals surface area contributed by atoms with E-state index < -0.39 is 39.6 Å². The van der Waals surface area contributed by atoms with E-state index in [0.29, 0.717) is 13.0 Å². The van der Waals surface area contributed by atoms with E-state index in [1.54, 1.807) is 4.57 Å². The van der Waals surface area contributed by atoms with Crippen LogP contribution in [0.4, 0.5) is 0 Å². The summed E-state index contributed by atoms with van der Waals surface area (Å²) in [6.45, 7) is 2.03. The monoisotopic (exact) mass is 445 g/mol. The summed E-state index contributed by atoms with van der Waals surface area (Å²) in [4.78, 5) is 43.1. The number of aryl methyl sites for hydroxylation is 1. The van der Waals surface area contributed by atoms with Gasteiger partial charge in [0.15, 0.2) is 21.0 Å². The van der Waals surface area contributed by atoms with E-state index in [-0.39, 0.29) is 29.2 Å². The number of fused-ring (bicyclic) bond motifs is 1. The number of nitrogens with zero attached hydrogens (tertiary/aromatic N) is 4. The first kappa shape index (κ1) is 21.0. The van der Waals surface area contributed by atoms with Gasteiger partial charge in [0, 0.05) is 12.6 Å². The van der Waals surface area contributed by atoms with Gasteiger partial charge in [-0.3, -0.25) is 14.2 Å². The zero-order chi connectivity index (χ0) is 22.2. The Morgan fingerprint density at radius 2 is 1.94 bits per heavy atom. The molecule has 1 aliphatic heterocycles. The molecule has 0 bridgehead atoms. The molecule has 0 unspecified atom stereocenters. The van der Waals surface area contributed by atoms with E-state index in [4.69, 9.17) is 0 Å². The summed E-state index contributed by atoms with van der Waals surface area (Å²) in [5.74, 6) is -0.689. The predicted molar refractivity (Wildman–Crippen MR) is 115 cm³/mol. The second kappa shape index (κ2) is 8.14. The van der Waals surface area contributed by atoms with Crippen LogP contribution in [0.5, 0.6) is 0 Å². The van der Waals surface area contributed by atoms with Crippen LogP contribution in [0.3, 0.4) is 0 Å². The van der Waals surface area contributed by atoms with Crippen LogP contribution in [-0.4, -0.2) is 50.6 Å². The van der Waals surface area contributed by atoms with Gasteiger partial charge in [-0.2, -0.15) is 0 Å². The Morgan fingerprint density at radius 1 is 1.19 bits per heavy atom. The van der Waals surface area contributed by atoms with Gasteiger partial charge >= 0.3 is 5.69 Å². The van der Waals surface area contributed by atoms with Gasteiger partial charge in [-0.05, 0) is 18.9 Å². The smallest absolute Gasteiger partial charge is 0.333 e. The molecule has 3 heterocycles. The second-order valence-corrected chi connectivity index (χ2v) is 9.84. The number of rotatable bonds is 6. The minimum atomic E-state index is -3.16. The predicted octanol–water partition coefficient (Wildman–Crippen LogP) is -0.269. The van der Waals surface area contributed by atoms with Gasteiger partial charge in [-0.25, -0.2) is 22.8 Å². The molecule has 11 heteroatoms. The first-order chi connectivity index (χ1) is 14.8. The van der Waals surface area contributed by atoms with Gasteiger partial charge in [0.2, 0.25) is 5.91 Å². The Hall–Kier alpha value is -3.21. The molecule has 1 fully saturated rings. The number of sulfone groups is 1. The summed E-state index contributed by atoms with van der Waals surface area (Å²) in [6, 6.07) is 8.77. The number of nitrogens with one attached hydrogen (secondary N) is 1. The molecule has 1 aliphatic rings. The Bertz CT molecular complexity index is 1350. The van der Waals surface area contributed by atoms with E-state index in [1.807, 2.05) is 37.3 Å². The fourth-order valence-electron chi connectivity index (χ4n) is 3.85. The fourth-order valence-corrected chi connectivity index (χ4v) is 5.53. The van der Waals surface area contributed by atoms with Crippen LogP contribution in [0.25, 0.3) is 11.2 Å². The van der Waals surface area contributed by atoms with Crippen molar-refractivity contribution in [3.05, 3.63) is 63.1 Å². The molecule has 31 heavy (non-hydrogen) atoms. The molecule has 4 rings (SSSR count). The molecule has 3 aromatic rings. The van der Waals surface area contributed by atoms with Crippen LogP contribution in [0, 0.1) is 0 Å². The fraction of sp³-hybridized carbons (Fsp3) is 0.400. The molecule has 2 aromatic heterocycles. The number of imidazole rings is 1. The third-order valence-corrected chi connectivity index (χ3v) is 7.18. The normalized spacial score (nSPS) is 17.8. The first-order valence-corrected chi connectivity index (χ1v) is 11.8. The van der Waals surface area contributed by atoms with Crippen molar-refractivity contribution in [1.29, 1.82) is 0 Å². The number of hydrogen-bond donors (Lipinski definition) is 1. The highest BCUT2D eigenvalue weighted by molar-refractivity contribution is 7.91. The topological polar surface area (TPSA) is 125 Å². The van der Waals surface area contributed by atoms with Crippen LogP contribution < -0.4 is 16.6 Å². The van der Waals surface area contributed by atoms with Gasteiger partial charge in [0.25, 0.3) is 5.56 Å². The molecule has 0 saturated carbocycles. The summed E-state index contributed by atoms with van der Waals surface area (Å²) in [6.07, 6.45) is 1.82. The third kappa shape index (κ3) is 4.18. The van der Waals surface area contributed by atoms with E-state index in [9.17, 15) is 22.8 Å². The van der Waals surface area contributed by atoms with Crippen LogP contribution >= 0.6 is 0 Å². The lowest BCUT2D eigenvalue weighted by Crippen LogP contribution is -2.46. The van der Waals surface area contributed by atoms with Crippen molar-refractivity contribution in [1.82, 2.24) is 24.0 Å². The molecule has 1 atom stereocenters. The van der Waals surface area contributed by atoms with Crippen LogP contribution in [-0.2, 0) is 34.3 Å². The van der Waals surface area contributed by atoms with Crippen molar-refractivity contribution in [2.75, 3.05) is 11.5 Å². The van der Waals surface area contributed by atoms with E-state index >= 15 is 0 Å². The number of hydrogen-bond acceptors (Lipinski definition) is 6. The summed E-state index contributed by atoms with van der Waals surface area (Å²) >= 11 is 0. The molecule has 10 nitrogen and oxygen atoms in total. The van der Waals surface area contributed by atoms with Crippen molar-refractivity contribution in [2.45, 2.75) is 39.0 Å². The summed E-state index contributed by atoms with van der Waals surface area (Å²) in [5.41, 5.74) is 0.117. The average molecular weight is 446 g/mol. The molecule has 0 aliphatic carbocycles. The van der Waals surface area contributed by atoms with Crippen molar-refractivity contribution < 1.29 is 13.2 Å². The van der Waals surface area contributed by atoms with Gasteiger partial charge in [0.1, 0.15) is 6.54 Å². The lowest BCUT2D eigenvalue weighted by molar-refractivity contribution is -0.122. The highest BCUT2D eigenvalue weighted by atomic mass is 32.2. The molecular weight excluding hydrogens is 422 g/mol. The number of carbonyl (C=O) groups excluding carboxylic acids is 1. The Labute approximate surface area is 178 Å². The summed E-state index contributed by atoms with van der Waals surface area (Å²) in [5, 5.41) is 2.63. The van der Waals surface area contributed by atoms with Crippen LogP contribution in [0.15, 0.2) is 46.2 Å². The lowest BCUT2D eigenvalue weighted by atomic mass is 10.2. The van der Waals surface area contributed by atoms with Crippen molar-refractivity contribution in [3.63, 3.8) is 0 Å². The Balaban J connectivity index is 1.73. The Morgan fingerprint density at radius 3 is 2.58 bits per heavy atom. The van der Waals surface area contributed by atoms with Gasteiger partial charge in [-0.15, -0.1) is 0 Å². The van der Waals surface area contributed by atoms with Crippen LogP contribution in [0.1, 0.15) is 18.9 Å². The van der Waals surface area contributed by atoms with E-state index in [0.717, 1.165) is 10.1 Å².